The molecule has 2 aromatic rings. The number of methoxy groups -OCH3 is 1. The molecule has 0 radical (unpaired) electrons. The monoisotopic (exact) mass is 301 g/mol. The maximum Gasteiger partial charge on any atom is 0.311 e. The molecule has 5 heteroatoms. The summed E-state index contributed by atoms with van der Waals surface area (Å²) in [6.45, 7) is 0. The van der Waals surface area contributed by atoms with E-state index in [0.717, 1.165) is 5.56 Å². The molecule has 0 aliphatic heterocycles. The molecular weight excluding hydrogens is 282 g/mol. The average molecular weight is 301 g/mol. The van der Waals surface area contributed by atoms with Crippen molar-refractivity contribution in [3.05, 3.63) is 66.0 Å². The summed E-state index contributed by atoms with van der Waals surface area (Å²) in [7, 11) is 1.40. The molecule has 0 aliphatic rings. The molecule has 0 saturated carbocycles. The summed E-state index contributed by atoms with van der Waals surface area (Å²) in [5, 5.41) is 19.5. The second-order valence-corrected chi connectivity index (χ2v) is 5.05. The highest BCUT2D eigenvalue weighted by atomic mass is 16.6. The summed E-state index contributed by atoms with van der Waals surface area (Å²) in [6.07, 6.45) is 2.31. The first kappa shape index (κ1) is 16.1. The average Bonchev–Trinajstić information content (AvgIpc) is 2.55. The number of aliphatic hydroxyl groups is 1. The van der Waals surface area contributed by atoms with E-state index in [4.69, 9.17) is 4.74 Å². The van der Waals surface area contributed by atoms with Crippen LogP contribution in [0.2, 0.25) is 0 Å². The predicted molar refractivity (Wildman–Crippen MR) is 81.4 cm³/mol. The van der Waals surface area contributed by atoms with E-state index >= 15 is 0 Å². The molecule has 0 aliphatic carbocycles. The van der Waals surface area contributed by atoms with Gasteiger partial charge in [0.05, 0.1) is 5.92 Å². The number of benzene rings is 1. The first-order chi connectivity index (χ1) is 10.6. The van der Waals surface area contributed by atoms with Crippen LogP contribution in [-0.4, -0.2) is 34.6 Å². The van der Waals surface area contributed by atoms with Crippen LogP contribution >= 0.6 is 0 Å². The number of aliphatic carboxylic acids is 1. The zero-order chi connectivity index (χ0) is 15.9. The fourth-order valence-electron chi connectivity index (χ4n) is 2.59. The van der Waals surface area contributed by atoms with E-state index in [2.05, 4.69) is 4.98 Å². The zero-order valence-electron chi connectivity index (χ0n) is 12.3. The molecule has 22 heavy (non-hydrogen) atoms. The van der Waals surface area contributed by atoms with Crippen molar-refractivity contribution in [3.63, 3.8) is 0 Å². The number of ether oxygens (including phenoxy) is 1. The van der Waals surface area contributed by atoms with Crippen molar-refractivity contribution in [1.29, 1.82) is 0 Å². The topological polar surface area (TPSA) is 79.7 Å². The van der Waals surface area contributed by atoms with Crippen LogP contribution in [0.4, 0.5) is 0 Å². The van der Waals surface area contributed by atoms with Crippen molar-refractivity contribution in [3.8, 4) is 0 Å². The molecule has 0 amide bonds. The van der Waals surface area contributed by atoms with Gasteiger partial charge in [0, 0.05) is 31.8 Å². The number of aromatic nitrogens is 1. The zero-order valence-corrected chi connectivity index (χ0v) is 12.3. The molecule has 0 spiro atoms. The van der Waals surface area contributed by atoms with Crippen molar-refractivity contribution in [2.24, 2.45) is 0 Å². The summed E-state index contributed by atoms with van der Waals surface area (Å²) < 4.78 is 4.91. The number of carboxylic acids is 1. The van der Waals surface area contributed by atoms with Crippen LogP contribution in [0.3, 0.4) is 0 Å². The van der Waals surface area contributed by atoms with Crippen LogP contribution in [0.5, 0.6) is 0 Å². The molecule has 2 N–H and O–H groups in total. The third-order valence-electron chi connectivity index (χ3n) is 3.67. The van der Waals surface area contributed by atoms with Gasteiger partial charge in [-0.05, 0) is 17.2 Å². The number of aliphatic hydroxyl groups excluding tert-OH is 1. The van der Waals surface area contributed by atoms with E-state index in [1.54, 1.807) is 24.5 Å². The Kier molecular flexibility index (Phi) is 5.63. The van der Waals surface area contributed by atoms with Gasteiger partial charge in [-0.2, -0.15) is 0 Å². The van der Waals surface area contributed by atoms with Gasteiger partial charge < -0.3 is 14.9 Å². The molecule has 116 valence electrons. The van der Waals surface area contributed by atoms with Gasteiger partial charge in [0.25, 0.3) is 0 Å². The van der Waals surface area contributed by atoms with Crippen LogP contribution in [0.15, 0.2) is 54.9 Å². The molecule has 1 aromatic carbocycles. The predicted octanol–water partition coefficient (Wildman–Crippen LogP) is 2.39. The lowest BCUT2D eigenvalue weighted by molar-refractivity contribution is -0.140. The summed E-state index contributed by atoms with van der Waals surface area (Å²) >= 11 is 0. The Labute approximate surface area is 129 Å². The number of hydrogen-bond donors (Lipinski definition) is 2. The molecule has 2 rings (SSSR count). The van der Waals surface area contributed by atoms with Gasteiger partial charge in [0.2, 0.25) is 0 Å². The Bertz CT molecular complexity index is 588. The third kappa shape index (κ3) is 3.90. The van der Waals surface area contributed by atoms with Gasteiger partial charge in [0.1, 0.15) is 0 Å². The number of pyridine rings is 1. The van der Waals surface area contributed by atoms with Crippen LogP contribution in [0.25, 0.3) is 0 Å². The van der Waals surface area contributed by atoms with Gasteiger partial charge in [-0.3, -0.25) is 9.78 Å². The van der Waals surface area contributed by atoms with Crippen molar-refractivity contribution in [2.75, 3.05) is 7.11 Å². The smallest absolute Gasteiger partial charge is 0.311 e. The highest BCUT2D eigenvalue weighted by molar-refractivity contribution is 5.77. The first-order valence-corrected chi connectivity index (χ1v) is 7.02. The molecular formula is C17H19NO4. The second-order valence-electron chi connectivity index (χ2n) is 5.05. The van der Waals surface area contributed by atoms with Gasteiger partial charge >= 0.3 is 5.97 Å². The Morgan fingerprint density at radius 1 is 1.18 bits per heavy atom. The number of carbonyl (C=O) groups is 1. The highest BCUT2D eigenvalue weighted by Gasteiger charge is 2.32. The van der Waals surface area contributed by atoms with E-state index in [1.165, 1.54) is 7.11 Å². The van der Waals surface area contributed by atoms with Crippen LogP contribution in [-0.2, 0) is 9.53 Å². The van der Waals surface area contributed by atoms with Gasteiger partial charge in [0.15, 0.2) is 6.29 Å². The lowest BCUT2D eigenvalue weighted by atomic mass is 9.80. The molecule has 3 unspecified atom stereocenters. The van der Waals surface area contributed by atoms with Gasteiger partial charge in [-0.1, -0.05) is 36.4 Å². The summed E-state index contributed by atoms with van der Waals surface area (Å²) in [5.41, 5.74) is 1.45. The maximum atomic E-state index is 11.8. The quantitative estimate of drug-likeness (QED) is 0.768. The fourth-order valence-corrected chi connectivity index (χ4v) is 2.59. The molecule has 0 fully saturated rings. The fraction of sp³-hybridized carbons (Fsp3) is 0.294. The Morgan fingerprint density at radius 2 is 1.86 bits per heavy atom. The highest BCUT2D eigenvalue weighted by Crippen LogP contribution is 2.36. The first-order valence-electron chi connectivity index (χ1n) is 7.02. The van der Waals surface area contributed by atoms with Crippen molar-refractivity contribution in [1.82, 2.24) is 4.98 Å². The molecule has 0 saturated heterocycles. The van der Waals surface area contributed by atoms with E-state index in [-0.39, 0.29) is 6.42 Å². The van der Waals surface area contributed by atoms with Gasteiger partial charge in [-0.25, -0.2) is 0 Å². The van der Waals surface area contributed by atoms with E-state index in [9.17, 15) is 15.0 Å². The molecule has 1 heterocycles. The van der Waals surface area contributed by atoms with Crippen molar-refractivity contribution >= 4 is 5.97 Å². The maximum absolute atomic E-state index is 11.8. The van der Waals surface area contributed by atoms with E-state index < -0.39 is 24.1 Å². The number of hydrogen-bond acceptors (Lipinski definition) is 4. The third-order valence-corrected chi connectivity index (χ3v) is 3.67. The summed E-state index contributed by atoms with van der Waals surface area (Å²) in [4.78, 5) is 15.8. The minimum atomic E-state index is -1.02. The number of nitrogens with zero attached hydrogens (tertiary/aromatic N) is 1. The largest absolute Gasteiger partial charge is 0.481 e. The standard InChI is InChI=1S/C17H19NO4/c1-22-15(19)10-14(12-6-3-2-4-7-12)16(17(20)21)13-8-5-9-18-11-13/h2-9,11,14-16,19H,10H2,1H3,(H,20,21). The lowest BCUT2D eigenvalue weighted by Gasteiger charge is -2.26. The van der Waals surface area contributed by atoms with Crippen LogP contribution < -0.4 is 0 Å². The van der Waals surface area contributed by atoms with Crippen molar-refractivity contribution in [2.45, 2.75) is 24.5 Å². The number of carboxylic acid groups (broad SMARTS) is 1. The van der Waals surface area contributed by atoms with Crippen LogP contribution in [0.1, 0.15) is 29.4 Å². The van der Waals surface area contributed by atoms with Crippen LogP contribution in [0, 0.1) is 0 Å². The Morgan fingerprint density at radius 3 is 2.41 bits per heavy atom. The molecule has 5 nitrogen and oxygen atoms in total. The SMILES string of the molecule is COC(O)CC(c1ccccc1)C(C(=O)O)c1cccnc1. The summed E-state index contributed by atoms with van der Waals surface area (Å²) in [5.74, 6) is -2.18. The Hall–Kier alpha value is -2.24. The molecule has 1 aromatic heterocycles. The molecule has 3 atom stereocenters. The van der Waals surface area contributed by atoms with Gasteiger partial charge in [-0.15, -0.1) is 0 Å². The van der Waals surface area contributed by atoms with Crippen molar-refractivity contribution < 1.29 is 19.7 Å². The normalized spacial score (nSPS) is 15.0. The minimum absolute atomic E-state index is 0.187. The lowest BCUT2D eigenvalue weighted by Crippen LogP contribution is -2.25. The van der Waals surface area contributed by atoms with E-state index in [1.807, 2.05) is 30.3 Å². The summed E-state index contributed by atoms with van der Waals surface area (Å²) in [6, 6.07) is 12.7. The minimum Gasteiger partial charge on any atom is -0.481 e. The van der Waals surface area contributed by atoms with E-state index in [0.29, 0.717) is 5.56 Å². The second kappa shape index (κ2) is 7.68. The molecule has 0 bridgehead atoms. The Balaban J connectivity index is 2.42. The number of rotatable bonds is 7.